The van der Waals surface area contributed by atoms with Gasteiger partial charge in [-0.05, 0) is 12.8 Å². The molecule has 2 unspecified atom stereocenters. The normalized spacial score (nSPS) is 16.4. The quantitative estimate of drug-likeness (QED) is 0.595. The highest BCUT2D eigenvalue weighted by atomic mass is 16.7. The lowest BCUT2D eigenvalue weighted by molar-refractivity contribution is -0.165. The lowest BCUT2D eigenvalue weighted by Gasteiger charge is -2.20. The molecule has 0 saturated heterocycles. The minimum absolute atomic E-state index is 0.0658. The number of hydrogen-bond donors (Lipinski definition) is 1. The first kappa shape index (κ1) is 10.9. The summed E-state index contributed by atoms with van der Waals surface area (Å²) in [7, 11) is 1.61. The summed E-state index contributed by atoms with van der Waals surface area (Å²) in [5.41, 5.74) is 0. The van der Waals surface area contributed by atoms with E-state index < -0.39 is 0 Å². The third-order valence-corrected chi connectivity index (χ3v) is 1.60. The fourth-order valence-corrected chi connectivity index (χ4v) is 0.801. The Labute approximate surface area is 68.3 Å². The van der Waals surface area contributed by atoms with Crippen LogP contribution in [0.4, 0.5) is 0 Å². The van der Waals surface area contributed by atoms with Crippen molar-refractivity contribution >= 4 is 0 Å². The van der Waals surface area contributed by atoms with Crippen LogP contribution in [0.3, 0.4) is 0 Å². The summed E-state index contributed by atoms with van der Waals surface area (Å²) in [5.74, 6) is 0. The molecule has 0 aromatic carbocycles. The second kappa shape index (κ2) is 6.58. The number of rotatable bonds is 6. The van der Waals surface area contributed by atoms with E-state index in [0.717, 1.165) is 12.8 Å². The first-order valence-corrected chi connectivity index (χ1v) is 4.07. The summed E-state index contributed by atoms with van der Waals surface area (Å²) in [5, 5.41) is 8.79. The molecule has 0 aromatic heterocycles. The Kier molecular flexibility index (Phi) is 6.51. The highest BCUT2D eigenvalue weighted by Gasteiger charge is 2.11. The van der Waals surface area contributed by atoms with Crippen LogP contribution in [0.15, 0.2) is 0 Å². The first-order chi connectivity index (χ1) is 5.28. The fourth-order valence-electron chi connectivity index (χ4n) is 0.801. The van der Waals surface area contributed by atoms with Gasteiger partial charge in [-0.3, -0.25) is 0 Å². The molecule has 0 radical (unpaired) electrons. The van der Waals surface area contributed by atoms with Gasteiger partial charge in [-0.2, -0.15) is 0 Å². The van der Waals surface area contributed by atoms with Gasteiger partial charge in [-0.15, -0.1) is 0 Å². The maximum atomic E-state index is 8.79. The van der Waals surface area contributed by atoms with Crippen LogP contribution in [0.25, 0.3) is 0 Å². The minimum Gasteiger partial charge on any atom is -0.394 e. The molecular weight excluding hydrogens is 144 g/mol. The van der Waals surface area contributed by atoms with Gasteiger partial charge in [0.2, 0.25) is 0 Å². The van der Waals surface area contributed by atoms with Gasteiger partial charge in [-0.25, -0.2) is 0 Å². The molecule has 0 fully saturated rings. The van der Waals surface area contributed by atoms with Gasteiger partial charge < -0.3 is 14.6 Å². The average Bonchev–Trinajstić information content (AvgIpc) is 2.07. The zero-order valence-electron chi connectivity index (χ0n) is 7.54. The molecule has 0 aliphatic rings. The van der Waals surface area contributed by atoms with Crippen molar-refractivity contribution in [2.75, 3.05) is 13.7 Å². The highest BCUT2D eigenvalue weighted by molar-refractivity contribution is 4.53. The number of methoxy groups -OCH3 is 1. The summed E-state index contributed by atoms with van der Waals surface area (Å²) in [6, 6.07) is 0. The van der Waals surface area contributed by atoms with Gasteiger partial charge in [0.25, 0.3) is 0 Å². The molecule has 68 valence electrons. The molecule has 0 spiro atoms. The van der Waals surface area contributed by atoms with Crippen LogP contribution in [0.5, 0.6) is 0 Å². The summed E-state index contributed by atoms with van der Waals surface area (Å²) >= 11 is 0. The topological polar surface area (TPSA) is 38.7 Å². The van der Waals surface area contributed by atoms with Gasteiger partial charge in [-0.1, -0.05) is 13.8 Å². The van der Waals surface area contributed by atoms with E-state index in [9.17, 15) is 0 Å². The standard InChI is InChI=1S/C8H18O3/c1-4-7(6-9)11-8(5-2)10-3/h7-9H,4-6H2,1-3H3. The van der Waals surface area contributed by atoms with Crippen molar-refractivity contribution in [2.45, 2.75) is 39.1 Å². The third kappa shape index (κ3) is 4.35. The monoisotopic (exact) mass is 162 g/mol. The van der Waals surface area contributed by atoms with E-state index in [1.165, 1.54) is 0 Å². The SMILES string of the molecule is CCC(CO)OC(CC)OC. The van der Waals surface area contributed by atoms with Crippen LogP contribution >= 0.6 is 0 Å². The van der Waals surface area contributed by atoms with E-state index in [-0.39, 0.29) is 19.0 Å². The number of hydrogen-bond acceptors (Lipinski definition) is 3. The summed E-state index contributed by atoms with van der Waals surface area (Å²) in [6.45, 7) is 4.03. The van der Waals surface area contributed by atoms with E-state index in [0.29, 0.717) is 0 Å². The van der Waals surface area contributed by atoms with Crippen LogP contribution in [0.1, 0.15) is 26.7 Å². The lowest BCUT2D eigenvalue weighted by Crippen LogP contribution is -2.25. The van der Waals surface area contributed by atoms with Crippen molar-refractivity contribution in [3.8, 4) is 0 Å². The minimum atomic E-state index is -0.174. The molecular formula is C8H18O3. The van der Waals surface area contributed by atoms with Crippen molar-refractivity contribution in [3.63, 3.8) is 0 Å². The summed E-state index contributed by atoms with van der Waals surface area (Å²) in [6.07, 6.45) is 1.37. The summed E-state index contributed by atoms with van der Waals surface area (Å²) in [4.78, 5) is 0. The lowest BCUT2D eigenvalue weighted by atomic mass is 10.3. The Hall–Kier alpha value is -0.120. The van der Waals surface area contributed by atoms with Gasteiger partial charge in [0.15, 0.2) is 6.29 Å². The molecule has 0 heterocycles. The molecule has 3 heteroatoms. The Morgan fingerprint density at radius 2 is 1.91 bits per heavy atom. The number of aliphatic hydroxyl groups is 1. The zero-order chi connectivity index (χ0) is 8.69. The Morgan fingerprint density at radius 3 is 2.18 bits per heavy atom. The highest BCUT2D eigenvalue weighted by Crippen LogP contribution is 2.05. The van der Waals surface area contributed by atoms with E-state index in [1.807, 2.05) is 13.8 Å². The number of aliphatic hydroxyl groups excluding tert-OH is 1. The molecule has 3 nitrogen and oxygen atoms in total. The van der Waals surface area contributed by atoms with Crippen molar-refractivity contribution in [3.05, 3.63) is 0 Å². The van der Waals surface area contributed by atoms with Crippen LogP contribution < -0.4 is 0 Å². The van der Waals surface area contributed by atoms with E-state index in [2.05, 4.69) is 0 Å². The van der Waals surface area contributed by atoms with Crippen LogP contribution in [-0.4, -0.2) is 31.2 Å². The van der Waals surface area contributed by atoms with Crippen molar-refractivity contribution in [2.24, 2.45) is 0 Å². The van der Waals surface area contributed by atoms with Gasteiger partial charge in [0.05, 0.1) is 12.7 Å². The molecule has 0 rings (SSSR count). The van der Waals surface area contributed by atoms with Crippen LogP contribution in [-0.2, 0) is 9.47 Å². The molecule has 11 heavy (non-hydrogen) atoms. The summed E-state index contributed by atoms with van der Waals surface area (Å²) < 4.78 is 10.4. The Balaban J connectivity index is 3.58. The molecule has 0 amide bonds. The predicted molar refractivity (Wildman–Crippen MR) is 43.3 cm³/mol. The molecule has 0 aliphatic carbocycles. The fraction of sp³-hybridized carbons (Fsp3) is 1.00. The van der Waals surface area contributed by atoms with Gasteiger partial charge >= 0.3 is 0 Å². The Bertz CT molecular complexity index is 67.4. The van der Waals surface area contributed by atoms with E-state index >= 15 is 0 Å². The maximum Gasteiger partial charge on any atom is 0.157 e. The second-order valence-electron chi connectivity index (χ2n) is 2.42. The van der Waals surface area contributed by atoms with Crippen molar-refractivity contribution in [1.29, 1.82) is 0 Å². The molecule has 1 N–H and O–H groups in total. The number of ether oxygens (including phenoxy) is 2. The van der Waals surface area contributed by atoms with E-state index in [4.69, 9.17) is 14.6 Å². The molecule has 0 bridgehead atoms. The largest absolute Gasteiger partial charge is 0.394 e. The molecule has 0 aliphatic heterocycles. The molecule has 2 atom stereocenters. The average molecular weight is 162 g/mol. The van der Waals surface area contributed by atoms with Crippen molar-refractivity contribution < 1.29 is 14.6 Å². The zero-order valence-corrected chi connectivity index (χ0v) is 7.54. The first-order valence-electron chi connectivity index (χ1n) is 4.07. The van der Waals surface area contributed by atoms with Gasteiger partial charge in [0, 0.05) is 7.11 Å². The second-order valence-corrected chi connectivity index (χ2v) is 2.42. The smallest absolute Gasteiger partial charge is 0.157 e. The maximum absolute atomic E-state index is 8.79. The Morgan fingerprint density at radius 1 is 1.27 bits per heavy atom. The van der Waals surface area contributed by atoms with Crippen LogP contribution in [0.2, 0.25) is 0 Å². The van der Waals surface area contributed by atoms with Gasteiger partial charge in [0.1, 0.15) is 0 Å². The predicted octanol–water partition coefficient (Wildman–Crippen LogP) is 1.16. The molecule has 0 aromatic rings. The molecule has 0 saturated carbocycles. The van der Waals surface area contributed by atoms with Crippen LogP contribution in [0, 0.1) is 0 Å². The third-order valence-electron chi connectivity index (χ3n) is 1.60. The van der Waals surface area contributed by atoms with E-state index in [1.54, 1.807) is 7.11 Å². The van der Waals surface area contributed by atoms with Crippen molar-refractivity contribution in [1.82, 2.24) is 0 Å².